The first kappa shape index (κ1) is 19.5. The van der Waals surface area contributed by atoms with Crippen molar-refractivity contribution < 1.29 is 18.8 Å². The van der Waals surface area contributed by atoms with Gasteiger partial charge < -0.3 is 18.9 Å². The number of benzene rings is 1. The fourth-order valence-corrected chi connectivity index (χ4v) is 4.67. The molecule has 5 rings (SSSR count). The molecule has 2 aromatic rings. The third kappa shape index (κ3) is 4.51. The van der Waals surface area contributed by atoms with Crippen LogP contribution in [0, 0.1) is 5.92 Å². The van der Waals surface area contributed by atoms with E-state index < -0.39 is 0 Å². The molecule has 1 unspecified atom stereocenters. The molecule has 0 N–H and O–H groups in total. The monoisotopic (exact) mass is 411 g/mol. The number of carbonyl (C=O) groups excluding carboxylic acids is 1. The van der Waals surface area contributed by atoms with Gasteiger partial charge >= 0.3 is 0 Å². The number of hydrogen-bond acceptors (Lipinski definition) is 6. The quantitative estimate of drug-likeness (QED) is 0.725. The van der Waals surface area contributed by atoms with Crippen LogP contribution in [0.15, 0.2) is 34.9 Å². The van der Waals surface area contributed by atoms with Crippen molar-refractivity contribution in [2.75, 3.05) is 26.3 Å². The highest BCUT2D eigenvalue weighted by molar-refractivity contribution is 5.77. The van der Waals surface area contributed by atoms with Crippen LogP contribution in [-0.2, 0) is 16.0 Å². The maximum atomic E-state index is 12.5. The van der Waals surface area contributed by atoms with E-state index in [0.717, 1.165) is 69.3 Å². The Balaban J connectivity index is 1.11. The maximum Gasteiger partial charge on any atom is 0.260 e. The van der Waals surface area contributed by atoms with Crippen LogP contribution in [0.3, 0.4) is 0 Å². The van der Waals surface area contributed by atoms with Gasteiger partial charge in [-0.05, 0) is 56.6 Å². The van der Waals surface area contributed by atoms with Crippen LogP contribution in [0.4, 0.5) is 0 Å². The number of amides is 1. The molecule has 0 bridgehead atoms. The summed E-state index contributed by atoms with van der Waals surface area (Å²) < 4.78 is 17.4. The van der Waals surface area contributed by atoms with E-state index in [0.29, 0.717) is 11.8 Å². The Bertz CT molecular complexity index is 856. The zero-order valence-corrected chi connectivity index (χ0v) is 17.3. The summed E-state index contributed by atoms with van der Waals surface area (Å²) >= 11 is 0. The first-order valence-electron chi connectivity index (χ1n) is 11.1. The molecule has 3 fully saturated rings. The number of likely N-dealkylation sites (tertiary alicyclic amines) is 1. The minimum atomic E-state index is -0.126. The van der Waals surface area contributed by atoms with E-state index in [1.54, 1.807) is 0 Å². The van der Waals surface area contributed by atoms with Crippen LogP contribution in [0.1, 0.15) is 56.2 Å². The molecule has 1 saturated carbocycles. The van der Waals surface area contributed by atoms with Gasteiger partial charge in [-0.25, -0.2) is 0 Å². The average Bonchev–Trinajstić information content (AvgIpc) is 3.53. The molecule has 7 heteroatoms. The summed E-state index contributed by atoms with van der Waals surface area (Å²) in [5.74, 6) is 3.44. The van der Waals surface area contributed by atoms with Crippen LogP contribution in [0.25, 0.3) is 0 Å². The lowest BCUT2D eigenvalue weighted by Crippen LogP contribution is -2.51. The molecular weight excluding hydrogens is 382 g/mol. The van der Waals surface area contributed by atoms with Gasteiger partial charge in [-0.15, -0.1) is 0 Å². The smallest absolute Gasteiger partial charge is 0.260 e. The van der Waals surface area contributed by atoms with Crippen molar-refractivity contribution in [3.05, 3.63) is 42.0 Å². The summed E-state index contributed by atoms with van der Waals surface area (Å²) in [6.07, 6.45) is 6.97. The molecule has 0 radical (unpaired) electrons. The molecule has 2 saturated heterocycles. The molecule has 1 amide bonds. The topological polar surface area (TPSA) is 77.7 Å². The Morgan fingerprint density at radius 1 is 1.17 bits per heavy atom. The standard InChI is InChI=1S/C23H29N3O4/c27-21(16-28-19-4-2-1-3-5-19)26-11-9-23(10-12-26)15-17(8-13-29-23)14-20-24-22(25-30-20)18-6-7-18/h1-5,17-18H,6-16H2. The summed E-state index contributed by atoms with van der Waals surface area (Å²) in [5, 5.41) is 4.14. The molecule has 1 spiro atoms. The van der Waals surface area contributed by atoms with Crippen LogP contribution in [0.5, 0.6) is 5.75 Å². The maximum absolute atomic E-state index is 12.5. The zero-order valence-electron chi connectivity index (χ0n) is 17.3. The first-order chi connectivity index (χ1) is 14.7. The summed E-state index contributed by atoms with van der Waals surface area (Å²) in [6.45, 7) is 2.28. The molecule has 3 aliphatic rings. The lowest BCUT2D eigenvalue weighted by atomic mass is 9.78. The zero-order chi connectivity index (χ0) is 20.4. The largest absolute Gasteiger partial charge is 0.484 e. The minimum absolute atomic E-state index is 0.0412. The number of nitrogens with zero attached hydrogens (tertiary/aromatic N) is 3. The molecule has 3 heterocycles. The van der Waals surface area contributed by atoms with E-state index >= 15 is 0 Å². The SMILES string of the molecule is O=C(COc1ccccc1)N1CCC2(CC1)CC(Cc1nc(C3CC3)no1)CCO2. The van der Waals surface area contributed by atoms with Gasteiger partial charge in [-0.2, -0.15) is 4.98 Å². The Hall–Kier alpha value is -2.41. The number of carbonyl (C=O) groups is 1. The predicted octanol–water partition coefficient (Wildman–Crippen LogP) is 3.36. The number of rotatable bonds is 6. The molecule has 160 valence electrons. The highest BCUT2D eigenvalue weighted by Gasteiger charge is 2.41. The van der Waals surface area contributed by atoms with Crippen LogP contribution >= 0.6 is 0 Å². The van der Waals surface area contributed by atoms with Crippen molar-refractivity contribution in [3.63, 3.8) is 0 Å². The van der Waals surface area contributed by atoms with Gasteiger partial charge in [0, 0.05) is 32.0 Å². The van der Waals surface area contributed by atoms with Crippen molar-refractivity contribution in [2.45, 2.75) is 56.5 Å². The number of para-hydroxylation sites is 1. The minimum Gasteiger partial charge on any atom is -0.484 e. The molecular formula is C23H29N3O4. The van der Waals surface area contributed by atoms with Crippen molar-refractivity contribution in [2.24, 2.45) is 5.92 Å². The second-order valence-corrected chi connectivity index (χ2v) is 8.90. The van der Waals surface area contributed by atoms with E-state index in [2.05, 4.69) is 10.1 Å². The molecule has 1 atom stereocenters. The van der Waals surface area contributed by atoms with Gasteiger partial charge in [0.15, 0.2) is 12.4 Å². The summed E-state index contributed by atoms with van der Waals surface area (Å²) in [4.78, 5) is 19.0. The van der Waals surface area contributed by atoms with Gasteiger partial charge in [0.05, 0.1) is 5.60 Å². The van der Waals surface area contributed by atoms with E-state index in [1.165, 1.54) is 12.8 Å². The van der Waals surface area contributed by atoms with Crippen molar-refractivity contribution in [3.8, 4) is 5.75 Å². The summed E-state index contributed by atoms with van der Waals surface area (Å²) in [5.41, 5.74) is -0.126. The summed E-state index contributed by atoms with van der Waals surface area (Å²) in [6, 6.07) is 9.47. The van der Waals surface area contributed by atoms with E-state index in [4.69, 9.17) is 14.0 Å². The van der Waals surface area contributed by atoms with E-state index in [-0.39, 0.29) is 18.1 Å². The predicted molar refractivity (Wildman–Crippen MR) is 109 cm³/mol. The van der Waals surface area contributed by atoms with Crippen LogP contribution < -0.4 is 4.74 Å². The third-order valence-corrected chi connectivity index (χ3v) is 6.62. The molecule has 30 heavy (non-hydrogen) atoms. The second-order valence-electron chi connectivity index (χ2n) is 8.90. The van der Waals surface area contributed by atoms with Crippen molar-refractivity contribution in [1.82, 2.24) is 15.0 Å². The third-order valence-electron chi connectivity index (χ3n) is 6.62. The Morgan fingerprint density at radius 3 is 2.73 bits per heavy atom. The van der Waals surface area contributed by atoms with Gasteiger partial charge in [0.2, 0.25) is 5.89 Å². The molecule has 2 aliphatic heterocycles. The molecule has 1 aromatic carbocycles. The van der Waals surface area contributed by atoms with Gasteiger partial charge in [-0.3, -0.25) is 4.79 Å². The highest BCUT2D eigenvalue weighted by Crippen LogP contribution is 2.40. The summed E-state index contributed by atoms with van der Waals surface area (Å²) in [7, 11) is 0. The van der Waals surface area contributed by atoms with Gasteiger partial charge in [0.25, 0.3) is 5.91 Å². The fourth-order valence-electron chi connectivity index (χ4n) is 4.67. The fraction of sp³-hybridized carbons (Fsp3) is 0.609. The van der Waals surface area contributed by atoms with Gasteiger partial charge in [0.1, 0.15) is 5.75 Å². The van der Waals surface area contributed by atoms with Crippen LogP contribution in [-0.4, -0.2) is 52.9 Å². The Morgan fingerprint density at radius 2 is 1.97 bits per heavy atom. The van der Waals surface area contributed by atoms with Gasteiger partial charge in [-0.1, -0.05) is 23.4 Å². The van der Waals surface area contributed by atoms with Crippen molar-refractivity contribution >= 4 is 5.91 Å². The molecule has 7 nitrogen and oxygen atoms in total. The number of piperidine rings is 1. The van der Waals surface area contributed by atoms with E-state index in [1.807, 2.05) is 35.2 Å². The number of ether oxygens (including phenoxy) is 2. The number of hydrogen-bond donors (Lipinski definition) is 0. The highest BCUT2D eigenvalue weighted by atomic mass is 16.5. The Kier molecular flexibility index (Phi) is 5.46. The number of aromatic nitrogens is 2. The van der Waals surface area contributed by atoms with E-state index in [9.17, 15) is 4.79 Å². The Labute approximate surface area is 176 Å². The van der Waals surface area contributed by atoms with Crippen molar-refractivity contribution in [1.29, 1.82) is 0 Å². The lowest BCUT2D eigenvalue weighted by molar-refractivity contribution is -0.148. The molecule has 1 aliphatic carbocycles. The molecule has 1 aromatic heterocycles. The lowest BCUT2D eigenvalue weighted by Gasteiger charge is -2.46. The average molecular weight is 412 g/mol. The first-order valence-corrected chi connectivity index (χ1v) is 11.1. The second kappa shape index (κ2) is 8.38. The van der Waals surface area contributed by atoms with Crippen LogP contribution in [0.2, 0.25) is 0 Å². The normalized spacial score (nSPS) is 23.5.